The summed E-state index contributed by atoms with van der Waals surface area (Å²) in [6.07, 6.45) is 8.36. The van der Waals surface area contributed by atoms with Crippen molar-refractivity contribution < 1.29 is 9.59 Å². The van der Waals surface area contributed by atoms with Crippen LogP contribution < -0.4 is 10.6 Å². The van der Waals surface area contributed by atoms with Crippen LogP contribution in [-0.2, 0) is 22.4 Å². The van der Waals surface area contributed by atoms with Gasteiger partial charge in [0.25, 0.3) is 0 Å². The van der Waals surface area contributed by atoms with Crippen LogP contribution in [0, 0.1) is 0 Å². The summed E-state index contributed by atoms with van der Waals surface area (Å²) in [5.74, 6) is -1.33. The first-order valence-electron chi connectivity index (χ1n) is 8.68. The van der Waals surface area contributed by atoms with Crippen LogP contribution in [0.15, 0.2) is 36.7 Å². The Bertz CT molecular complexity index is 761. The van der Waals surface area contributed by atoms with Crippen LogP contribution >= 0.6 is 0 Å². The van der Waals surface area contributed by atoms with Gasteiger partial charge in [-0.25, -0.2) is 9.97 Å². The molecule has 0 bridgehead atoms. The van der Waals surface area contributed by atoms with Crippen molar-refractivity contribution >= 4 is 17.8 Å². The molecule has 0 fully saturated rings. The van der Waals surface area contributed by atoms with Gasteiger partial charge in [0.1, 0.15) is 0 Å². The lowest BCUT2D eigenvalue weighted by Crippen LogP contribution is -2.38. The number of aryl methyl sites for hydroxylation is 2. The van der Waals surface area contributed by atoms with Gasteiger partial charge in [0.2, 0.25) is 5.95 Å². The van der Waals surface area contributed by atoms with Crippen molar-refractivity contribution in [2.75, 3.05) is 5.32 Å². The highest BCUT2D eigenvalue weighted by molar-refractivity contribution is 6.39. The van der Waals surface area contributed by atoms with Crippen molar-refractivity contribution in [3.8, 4) is 0 Å². The molecule has 1 aliphatic rings. The monoisotopic (exact) mass is 338 g/mol. The van der Waals surface area contributed by atoms with Crippen LogP contribution in [0.3, 0.4) is 0 Å². The van der Waals surface area contributed by atoms with Gasteiger partial charge in [-0.1, -0.05) is 25.1 Å². The summed E-state index contributed by atoms with van der Waals surface area (Å²) in [5.41, 5.74) is 3.80. The van der Waals surface area contributed by atoms with E-state index in [1.165, 1.54) is 36.4 Å². The van der Waals surface area contributed by atoms with E-state index in [0.29, 0.717) is 6.42 Å². The maximum absolute atomic E-state index is 12.2. The molecule has 25 heavy (non-hydrogen) atoms. The highest BCUT2D eigenvalue weighted by atomic mass is 16.2. The average molecular weight is 338 g/mol. The molecule has 0 spiro atoms. The normalized spacial score (nSPS) is 14.3. The molecule has 1 aromatic heterocycles. The zero-order valence-corrected chi connectivity index (χ0v) is 14.3. The summed E-state index contributed by atoms with van der Waals surface area (Å²) in [6, 6.07) is 7.81. The SMILES string of the molecule is CCC(NC(=O)C(=O)Nc1ncccn1)c1ccc2c(c1)CCCC2. The van der Waals surface area contributed by atoms with Gasteiger partial charge in [-0.05, 0) is 54.9 Å². The van der Waals surface area contributed by atoms with Gasteiger partial charge in [-0.2, -0.15) is 0 Å². The molecular formula is C19H22N4O2. The first kappa shape index (κ1) is 17.1. The number of carbonyl (C=O) groups excluding carboxylic acids is 2. The first-order valence-corrected chi connectivity index (χ1v) is 8.68. The molecular weight excluding hydrogens is 316 g/mol. The second-order valence-electron chi connectivity index (χ2n) is 6.20. The molecule has 130 valence electrons. The van der Waals surface area contributed by atoms with Crippen molar-refractivity contribution in [3.05, 3.63) is 53.3 Å². The van der Waals surface area contributed by atoms with Crippen LogP contribution in [0.25, 0.3) is 0 Å². The number of carbonyl (C=O) groups is 2. The smallest absolute Gasteiger partial charge is 0.316 e. The third-order valence-corrected chi connectivity index (χ3v) is 4.49. The van der Waals surface area contributed by atoms with Crippen molar-refractivity contribution in [1.29, 1.82) is 0 Å². The van der Waals surface area contributed by atoms with E-state index < -0.39 is 11.8 Å². The molecule has 1 aliphatic carbocycles. The lowest BCUT2D eigenvalue weighted by atomic mass is 9.89. The fourth-order valence-electron chi connectivity index (χ4n) is 3.14. The summed E-state index contributed by atoms with van der Waals surface area (Å²) in [7, 11) is 0. The van der Waals surface area contributed by atoms with E-state index >= 15 is 0 Å². The maximum atomic E-state index is 12.2. The number of anilines is 1. The predicted octanol–water partition coefficient (Wildman–Crippen LogP) is 2.56. The lowest BCUT2D eigenvalue weighted by molar-refractivity contribution is -0.136. The highest BCUT2D eigenvalue weighted by Gasteiger charge is 2.20. The maximum Gasteiger partial charge on any atom is 0.316 e. The number of fused-ring (bicyclic) bond motifs is 1. The molecule has 0 radical (unpaired) electrons. The predicted molar refractivity (Wildman–Crippen MR) is 94.9 cm³/mol. The summed E-state index contributed by atoms with van der Waals surface area (Å²) in [4.78, 5) is 32.0. The lowest BCUT2D eigenvalue weighted by Gasteiger charge is -2.21. The number of hydrogen-bond acceptors (Lipinski definition) is 4. The molecule has 1 aromatic carbocycles. The highest BCUT2D eigenvalue weighted by Crippen LogP contribution is 2.26. The van der Waals surface area contributed by atoms with Crippen molar-refractivity contribution in [1.82, 2.24) is 15.3 Å². The molecule has 1 heterocycles. The molecule has 6 nitrogen and oxygen atoms in total. The number of amides is 2. The first-order chi connectivity index (χ1) is 12.2. The minimum atomic E-state index is -0.761. The van der Waals surface area contributed by atoms with Crippen molar-refractivity contribution in [2.24, 2.45) is 0 Å². The quantitative estimate of drug-likeness (QED) is 0.839. The van der Waals surface area contributed by atoms with Gasteiger partial charge in [-0.15, -0.1) is 0 Å². The van der Waals surface area contributed by atoms with Crippen molar-refractivity contribution in [3.63, 3.8) is 0 Å². The molecule has 1 atom stereocenters. The minimum Gasteiger partial charge on any atom is -0.341 e. The van der Waals surface area contributed by atoms with Gasteiger partial charge >= 0.3 is 11.8 Å². The number of hydrogen-bond donors (Lipinski definition) is 2. The third-order valence-electron chi connectivity index (χ3n) is 4.49. The van der Waals surface area contributed by atoms with E-state index in [4.69, 9.17) is 0 Å². The average Bonchev–Trinajstić information content (AvgIpc) is 2.66. The molecule has 0 saturated heterocycles. The number of rotatable bonds is 4. The summed E-state index contributed by atoms with van der Waals surface area (Å²) >= 11 is 0. The summed E-state index contributed by atoms with van der Waals surface area (Å²) in [6.45, 7) is 1.99. The van der Waals surface area contributed by atoms with Gasteiger partial charge in [-0.3, -0.25) is 14.9 Å². The van der Waals surface area contributed by atoms with E-state index in [2.05, 4.69) is 38.8 Å². The molecule has 6 heteroatoms. The van der Waals surface area contributed by atoms with Crippen LogP contribution in [-0.4, -0.2) is 21.8 Å². The van der Waals surface area contributed by atoms with Crippen LogP contribution in [0.4, 0.5) is 5.95 Å². The number of benzene rings is 1. The second kappa shape index (κ2) is 7.88. The fourth-order valence-corrected chi connectivity index (χ4v) is 3.14. The zero-order valence-electron chi connectivity index (χ0n) is 14.3. The molecule has 2 aromatic rings. The Kier molecular flexibility index (Phi) is 5.38. The molecule has 0 aliphatic heterocycles. The van der Waals surface area contributed by atoms with E-state index in [9.17, 15) is 9.59 Å². The number of aromatic nitrogens is 2. The minimum absolute atomic E-state index is 0.115. The molecule has 1 unspecified atom stereocenters. The Morgan fingerprint density at radius 3 is 2.52 bits per heavy atom. The summed E-state index contributed by atoms with van der Waals surface area (Å²) in [5, 5.41) is 5.20. The van der Waals surface area contributed by atoms with E-state index in [-0.39, 0.29) is 12.0 Å². The Labute approximate surface area is 147 Å². The van der Waals surface area contributed by atoms with Gasteiger partial charge < -0.3 is 5.32 Å². The van der Waals surface area contributed by atoms with Crippen LogP contribution in [0.5, 0.6) is 0 Å². The zero-order chi connectivity index (χ0) is 17.6. The standard InChI is InChI=1S/C19H22N4O2/c1-2-16(15-9-8-13-6-3-4-7-14(13)12-15)22-17(24)18(25)23-19-20-10-5-11-21-19/h5,8-12,16H,2-4,6-7H2,1H3,(H,22,24)(H,20,21,23,25). The Balaban J connectivity index is 1.67. The number of nitrogens with one attached hydrogen (secondary N) is 2. The molecule has 3 rings (SSSR count). The second-order valence-corrected chi connectivity index (χ2v) is 6.20. The molecule has 2 amide bonds. The topological polar surface area (TPSA) is 84.0 Å². The van der Waals surface area contributed by atoms with E-state index in [0.717, 1.165) is 18.4 Å². The summed E-state index contributed by atoms with van der Waals surface area (Å²) < 4.78 is 0. The molecule has 0 saturated carbocycles. The number of nitrogens with zero attached hydrogens (tertiary/aromatic N) is 2. The molecule has 2 N–H and O–H groups in total. The van der Waals surface area contributed by atoms with Gasteiger partial charge in [0.05, 0.1) is 6.04 Å². The largest absolute Gasteiger partial charge is 0.341 e. The Morgan fingerprint density at radius 2 is 1.80 bits per heavy atom. The van der Waals surface area contributed by atoms with E-state index in [1.54, 1.807) is 6.07 Å². The van der Waals surface area contributed by atoms with E-state index in [1.807, 2.05) is 6.92 Å². The Morgan fingerprint density at radius 1 is 1.08 bits per heavy atom. The van der Waals surface area contributed by atoms with Crippen LogP contribution in [0.2, 0.25) is 0 Å². The van der Waals surface area contributed by atoms with Gasteiger partial charge in [0.15, 0.2) is 0 Å². The fraction of sp³-hybridized carbons (Fsp3) is 0.368. The van der Waals surface area contributed by atoms with Crippen LogP contribution in [0.1, 0.15) is 48.9 Å². The Hall–Kier alpha value is -2.76. The van der Waals surface area contributed by atoms with Gasteiger partial charge in [0, 0.05) is 12.4 Å². The van der Waals surface area contributed by atoms with Crippen molar-refractivity contribution in [2.45, 2.75) is 45.1 Å². The third kappa shape index (κ3) is 4.21.